The average Bonchev–Trinajstić information content (AvgIpc) is 3.25. The van der Waals surface area contributed by atoms with Crippen molar-refractivity contribution in [2.45, 2.75) is 38.9 Å². The summed E-state index contributed by atoms with van der Waals surface area (Å²) in [6.45, 7) is 5.06. The van der Waals surface area contributed by atoms with E-state index in [2.05, 4.69) is 4.99 Å². The van der Waals surface area contributed by atoms with Crippen LogP contribution >= 0.6 is 23.2 Å². The van der Waals surface area contributed by atoms with Crippen molar-refractivity contribution in [2.24, 2.45) is 10.9 Å². The SMILES string of the molecule is CC1=CC(C)=NC(=O)C1CN1CCc2c(Cl)cc(C(CO)O[C@@H]3CCOC3)c(Cl)c2C1=O. The molecule has 0 bridgehead atoms. The molecule has 0 radical (unpaired) electrons. The first-order valence-corrected chi connectivity index (χ1v) is 11.5. The summed E-state index contributed by atoms with van der Waals surface area (Å²) in [5, 5.41) is 10.6. The van der Waals surface area contributed by atoms with Crippen LogP contribution in [0.5, 0.6) is 0 Å². The fourth-order valence-corrected chi connectivity index (χ4v) is 5.16. The first-order valence-electron chi connectivity index (χ1n) is 10.7. The quantitative estimate of drug-likeness (QED) is 0.673. The van der Waals surface area contributed by atoms with Crippen LogP contribution in [0.15, 0.2) is 22.7 Å². The molecule has 0 aliphatic carbocycles. The molecule has 1 saturated heterocycles. The molecule has 3 aliphatic heterocycles. The number of halogens is 2. The summed E-state index contributed by atoms with van der Waals surface area (Å²) in [4.78, 5) is 31.6. The number of aliphatic imine (C=N–C) groups is 1. The van der Waals surface area contributed by atoms with Gasteiger partial charge in [0.2, 0.25) is 0 Å². The van der Waals surface area contributed by atoms with Gasteiger partial charge < -0.3 is 19.5 Å². The minimum atomic E-state index is -0.720. The van der Waals surface area contributed by atoms with Crippen LogP contribution in [0.4, 0.5) is 0 Å². The van der Waals surface area contributed by atoms with Gasteiger partial charge in [0, 0.05) is 36.0 Å². The van der Waals surface area contributed by atoms with E-state index in [1.807, 2.05) is 13.0 Å². The van der Waals surface area contributed by atoms with Crippen molar-refractivity contribution in [3.63, 3.8) is 0 Å². The third-order valence-corrected chi connectivity index (χ3v) is 6.95. The van der Waals surface area contributed by atoms with E-state index in [0.717, 1.165) is 12.0 Å². The van der Waals surface area contributed by atoms with E-state index in [4.69, 9.17) is 32.7 Å². The fourth-order valence-electron chi connectivity index (χ4n) is 4.48. The zero-order chi connectivity index (χ0) is 23.0. The van der Waals surface area contributed by atoms with Crippen LogP contribution < -0.4 is 0 Å². The predicted octanol–water partition coefficient (Wildman–Crippen LogP) is 3.39. The molecule has 1 aromatic carbocycles. The van der Waals surface area contributed by atoms with Gasteiger partial charge in [0.05, 0.1) is 35.8 Å². The van der Waals surface area contributed by atoms with Crippen molar-refractivity contribution < 1.29 is 24.2 Å². The number of aliphatic hydroxyl groups is 1. The molecule has 1 fully saturated rings. The smallest absolute Gasteiger partial charge is 0.255 e. The predicted molar refractivity (Wildman–Crippen MR) is 122 cm³/mol. The van der Waals surface area contributed by atoms with E-state index in [0.29, 0.717) is 53.6 Å². The van der Waals surface area contributed by atoms with Crippen LogP contribution in [0.2, 0.25) is 10.0 Å². The molecule has 7 nitrogen and oxygen atoms in total. The lowest BCUT2D eigenvalue weighted by Crippen LogP contribution is -2.43. The highest BCUT2D eigenvalue weighted by Crippen LogP contribution is 2.39. The lowest BCUT2D eigenvalue weighted by molar-refractivity contribution is -0.120. The van der Waals surface area contributed by atoms with E-state index in [9.17, 15) is 14.7 Å². The van der Waals surface area contributed by atoms with Crippen molar-refractivity contribution in [1.29, 1.82) is 0 Å². The molecule has 32 heavy (non-hydrogen) atoms. The van der Waals surface area contributed by atoms with Gasteiger partial charge in [0.15, 0.2) is 0 Å². The molecule has 3 heterocycles. The number of hydrogen-bond acceptors (Lipinski definition) is 5. The number of carbonyl (C=O) groups is 2. The summed E-state index contributed by atoms with van der Waals surface area (Å²) in [6.07, 6.45) is 2.24. The van der Waals surface area contributed by atoms with E-state index < -0.39 is 12.0 Å². The number of benzene rings is 1. The minimum absolute atomic E-state index is 0.152. The Morgan fingerprint density at radius 1 is 1.34 bits per heavy atom. The standard InChI is InChI=1S/C23H26Cl2N2O5/c1-12-7-13(2)26-22(29)17(12)9-27-5-3-15-18(24)8-16(21(25)20(15)23(27)30)19(10-28)32-14-4-6-31-11-14/h7-8,14,17,19,28H,3-6,9-11H2,1-2H3/t14-,17?,19?/m1/s1. The number of rotatable bonds is 6. The molecule has 3 atom stereocenters. The van der Waals surface area contributed by atoms with Crippen molar-refractivity contribution in [3.8, 4) is 0 Å². The molecule has 172 valence electrons. The van der Waals surface area contributed by atoms with Gasteiger partial charge in [0.1, 0.15) is 6.10 Å². The first-order chi connectivity index (χ1) is 15.3. The highest BCUT2D eigenvalue weighted by Gasteiger charge is 2.35. The highest BCUT2D eigenvalue weighted by molar-refractivity contribution is 6.37. The molecular weight excluding hydrogens is 455 g/mol. The van der Waals surface area contributed by atoms with E-state index in [1.54, 1.807) is 17.9 Å². The summed E-state index contributed by atoms with van der Waals surface area (Å²) >= 11 is 13.2. The largest absolute Gasteiger partial charge is 0.393 e. The number of fused-ring (bicyclic) bond motifs is 1. The fraction of sp³-hybridized carbons (Fsp3) is 0.522. The van der Waals surface area contributed by atoms with Crippen molar-refractivity contribution in [3.05, 3.63) is 44.5 Å². The van der Waals surface area contributed by atoms with E-state index in [1.165, 1.54) is 0 Å². The number of carbonyl (C=O) groups excluding carboxylic acids is 2. The molecule has 4 rings (SSSR count). The first kappa shape index (κ1) is 23.4. The van der Waals surface area contributed by atoms with Gasteiger partial charge in [0.25, 0.3) is 11.8 Å². The molecule has 1 aromatic rings. The van der Waals surface area contributed by atoms with E-state index in [-0.39, 0.29) is 36.1 Å². The number of dihydropyridines is 1. The number of hydrogen-bond donors (Lipinski definition) is 1. The van der Waals surface area contributed by atoms with Crippen LogP contribution in [0, 0.1) is 5.92 Å². The van der Waals surface area contributed by atoms with Gasteiger partial charge in [-0.25, -0.2) is 4.99 Å². The molecule has 2 unspecified atom stereocenters. The van der Waals surface area contributed by atoms with Crippen molar-refractivity contribution in [2.75, 3.05) is 32.9 Å². The zero-order valence-corrected chi connectivity index (χ0v) is 19.6. The van der Waals surface area contributed by atoms with Crippen LogP contribution in [0.1, 0.15) is 47.9 Å². The zero-order valence-electron chi connectivity index (χ0n) is 18.1. The Bertz CT molecular complexity index is 1000. The summed E-state index contributed by atoms with van der Waals surface area (Å²) in [5.74, 6) is -1.00. The maximum atomic E-state index is 13.4. The maximum Gasteiger partial charge on any atom is 0.255 e. The highest BCUT2D eigenvalue weighted by atomic mass is 35.5. The van der Waals surface area contributed by atoms with Crippen LogP contribution in [-0.2, 0) is 20.7 Å². The molecular formula is C23H26Cl2N2O5. The van der Waals surface area contributed by atoms with Gasteiger partial charge in [-0.05, 0) is 44.4 Å². The van der Waals surface area contributed by atoms with Crippen molar-refractivity contribution >= 4 is 40.7 Å². The monoisotopic (exact) mass is 480 g/mol. The van der Waals surface area contributed by atoms with Crippen LogP contribution in [0.3, 0.4) is 0 Å². The Hall–Kier alpha value is -1.77. The van der Waals surface area contributed by atoms with Crippen LogP contribution in [0.25, 0.3) is 0 Å². The molecule has 3 aliphatic rings. The Kier molecular flexibility index (Phi) is 7.03. The summed E-state index contributed by atoms with van der Waals surface area (Å²) in [7, 11) is 0. The lowest BCUT2D eigenvalue weighted by Gasteiger charge is -2.33. The summed E-state index contributed by atoms with van der Waals surface area (Å²) < 4.78 is 11.3. The lowest BCUT2D eigenvalue weighted by atomic mass is 9.91. The summed E-state index contributed by atoms with van der Waals surface area (Å²) in [6, 6.07) is 1.68. The molecule has 9 heteroatoms. The molecule has 0 spiro atoms. The number of amides is 2. The Morgan fingerprint density at radius 2 is 2.12 bits per heavy atom. The van der Waals surface area contributed by atoms with Gasteiger partial charge in [-0.3, -0.25) is 9.59 Å². The second-order valence-corrected chi connectivity index (χ2v) is 9.23. The molecule has 1 N–H and O–H groups in total. The number of nitrogens with zero attached hydrogens (tertiary/aromatic N) is 2. The normalized spacial score (nSPS) is 24.3. The van der Waals surface area contributed by atoms with Gasteiger partial charge in [-0.2, -0.15) is 0 Å². The maximum absolute atomic E-state index is 13.4. The van der Waals surface area contributed by atoms with Gasteiger partial charge >= 0.3 is 0 Å². The number of aliphatic hydroxyl groups excluding tert-OH is 1. The third-order valence-electron chi connectivity index (χ3n) is 6.21. The van der Waals surface area contributed by atoms with Crippen molar-refractivity contribution in [1.82, 2.24) is 4.90 Å². The Morgan fingerprint density at radius 3 is 2.78 bits per heavy atom. The third kappa shape index (κ3) is 4.50. The van der Waals surface area contributed by atoms with Gasteiger partial charge in [-0.1, -0.05) is 28.8 Å². The molecule has 0 aromatic heterocycles. The average molecular weight is 481 g/mol. The second kappa shape index (κ2) is 9.61. The number of allylic oxidation sites excluding steroid dienone is 1. The Labute approximate surface area is 197 Å². The summed E-state index contributed by atoms with van der Waals surface area (Å²) in [5.41, 5.74) is 3.02. The molecule has 2 amide bonds. The number of ether oxygens (including phenoxy) is 2. The Balaban J connectivity index is 1.61. The molecule has 0 saturated carbocycles. The van der Waals surface area contributed by atoms with E-state index >= 15 is 0 Å². The topological polar surface area (TPSA) is 88.4 Å². The second-order valence-electron chi connectivity index (χ2n) is 8.44. The van der Waals surface area contributed by atoms with Gasteiger partial charge in [-0.15, -0.1) is 0 Å². The van der Waals surface area contributed by atoms with Crippen LogP contribution in [-0.4, -0.2) is 66.5 Å². The minimum Gasteiger partial charge on any atom is -0.393 e.